The van der Waals surface area contributed by atoms with Gasteiger partial charge in [-0.2, -0.15) is 0 Å². The lowest BCUT2D eigenvalue weighted by Crippen LogP contribution is -2.14. The van der Waals surface area contributed by atoms with Crippen LogP contribution in [0.5, 0.6) is 23.0 Å². The van der Waals surface area contributed by atoms with Gasteiger partial charge in [-0.3, -0.25) is 0 Å². The van der Waals surface area contributed by atoms with Crippen LogP contribution in [0.15, 0.2) is 85.5 Å². The molecule has 1 aliphatic heterocycles. The minimum absolute atomic E-state index is 0.0897. The van der Waals surface area contributed by atoms with Crippen LogP contribution in [-0.2, 0) is 0 Å². The summed E-state index contributed by atoms with van der Waals surface area (Å²) in [6.45, 7) is 6.65. The average Bonchev–Trinajstić information content (AvgIpc) is 3.45. The second-order valence-corrected chi connectivity index (χ2v) is 9.64. The summed E-state index contributed by atoms with van der Waals surface area (Å²) in [4.78, 5) is 0. The standard InChI is InChI=1S/C34H30O4/c1-5-26-33(27-16-15-25-17-30(35-3)31(36-4)18-28(25)21(27)2)29(19-32-34(26)38-20-37-32)24-13-11-23(12-14-24)22-9-7-6-8-10-22/h5-19,21,27H,1,20H2,2-4H3. The van der Waals surface area contributed by atoms with Crippen LogP contribution in [0.4, 0.5) is 0 Å². The van der Waals surface area contributed by atoms with E-state index in [9.17, 15) is 0 Å². The molecular weight excluding hydrogens is 472 g/mol. The van der Waals surface area contributed by atoms with E-state index in [1.165, 1.54) is 22.3 Å². The zero-order valence-corrected chi connectivity index (χ0v) is 21.9. The maximum atomic E-state index is 5.94. The maximum absolute atomic E-state index is 5.94. The first kappa shape index (κ1) is 23.9. The SMILES string of the molecule is C=Cc1c2c(cc(-c3ccc(-c4ccccc4)cc3)c1C1C=Cc3cc(OC)c(OC)cc3C1C)OCO2. The molecule has 0 radical (unpaired) electrons. The first-order valence-electron chi connectivity index (χ1n) is 12.8. The number of fused-ring (bicyclic) bond motifs is 2. The fourth-order valence-electron chi connectivity index (χ4n) is 5.72. The molecule has 4 heteroatoms. The predicted molar refractivity (Wildman–Crippen MR) is 153 cm³/mol. The molecule has 0 fully saturated rings. The monoisotopic (exact) mass is 502 g/mol. The summed E-state index contributed by atoms with van der Waals surface area (Å²) in [5.74, 6) is 3.25. The predicted octanol–water partition coefficient (Wildman–Crippen LogP) is 8.32. The lowest BCUT2D eigenvalue weighted by Gasteiger charge is -2.31. The van der Waals surface area contributed by atoms with Crippen LogP contribution in [0.3, 0.4) is 0 Å². The minimum Gasteiger partial charge on any atom is -0.493 e. The Morgan fingerprint density at radius 3 is 2.24 bits per heavy atom. The Morgan fingerprint density at radius 1 is 0.842 bits per heavy atom. The second-order valence-electron chi connectivity index (χ2n) is 9.64. The summed E-state index contributed by atoms with van der Waals surface area (Å²) in [5, 5.41) is 0. The molecule has 1 heterocycles. The summed E-state index contributed by atoms with van der Waals surface area (Å²) in [6.07, 6.45) is 6.36. The number of ether oxygens (including phenoxy) is 4. The van der Waals surface area contributed by atoms with Crippen LogP contribution in [0.25, 0.3) is 34.4 Å². The van der Waals surface area contributed by atoms with Gasteiger partial charge in [0.1, 0.15) is 0 Å². The van der Waals surface area contributed by atoms with Crippen LogP contribution in [0.2, 0.25) is 0 Å². The van der Waals surface area contributed by atoms with Gasteiger partial charge < -0.3 is 18.9 Å². The van der Waals surface area contributed by atoms with Gasteiger partial charge in [-0.15, -0.1) is 0 Å². The lowest BCUT2D eigenvalue weighted by molar-refractivity contribution is 0.173. The van der Waals surface area contributed by atoms with Crippen LogP contribution in [-0.4, -0.2) is 21.0 Å². The summed E-state index contributed by atoms with van der Waals surface area (Å²) in [7, 11) is 3.34. The van der Waals surface area contributed by atoms with Crippen LogP contribution in [0.1, 0.15) is 41.0 Å². The highest BCUT2D eigenvalue weighted by Crippen LogP contribution is 2.52. The van der Waals surface area contributed by atoms with Crippen molar-refractivity contribution in [2.75, 3.05) is 21.0 Å². The molecule has 4 aromatic carbocycles. The highest BCUT2D eigenvalue weighted by Gasteiger charge is 2.32. The van der Waals surface area contributed by atoms with Gasteiger partial charge in [0.05, 0.1) is 14.2 Å². The molecule has 2 unspecified atom stereocenters. The Labute approximate surface area is 223 Å². The van der Waals surface area contributed by atoms with E-state index in [0.717, 1.165) is 45.3 Å². The molecule has 0 saturated carbocycles. The molecule has 38 heavy (non-hydrogen) atoms. The smallest absolute Gasteiger partial charge is 0.231 e. The van der Waals surface area contributed by atoms with Crippen molar-refractivity contribution in [1.29, 1.82) is 0 Å². The molecule has 6 rings (SSSR count). The minimum atomic E-state index is 0.0897. The molecule has 0 amide bonds. The molecule has 0 bridgehead atoms. The number of hydrogen-bond donors (Lipinski definition) is 0. The van der Waals surface area contributed by atoms with Gasteiger partial charge in [0, 0.05) is 11.5 Å². The normalized spacial score (nSPS) is 17.1. The lowest BCUT2D eigenvalue weighted by atomic mass is 9.73. The van der Waals surface area contributed by atoms with Crippen LogP contribution in [0, 0.1) is 0 Å². The average molecular weight is 503 g/mol. The molecule has 2 aliphatic rings. The number of hydrogen-bond acceptors (Lipinski definition) is 4. The fraction of sp³-hybridized carbons (Fsp3) is 0.176. The van der Waals surface area contributed by atoms with Crippen molar-refractivity contribution < 1.29 is 18.9 Å². The van der Waals surface area contributed by atoms with Crippen molar-refractivity contribution in [2.24, 2.45) is 0 Å². The first-order chi connectivity index (χ1) is 18.6. The summed E-state index contributed by atoms with van der Waals surface area (Å²) in [5.41, 5.74) is 9.14. The number of allylic oxidation sites excluding steroid dienone is 1. The van der Waals surface area contributed by atoms with E-state index >= 15 is 0 Å². The third-order valence-electron chi connectivity index (χ3n) is 7.68. The van der Waals surface area contributed by atoms with E-state index in [1.54, 1.807) is 14.2 Å². The fourth-order valence-corrected chi connectivity index (χ4v) is 5.72. The number of methoxy groups -OCH3 is 2. The summed E-state index contributed by atoms with van der Waals surface area (Å²) in [6, 6.07) is 25.4. The van der Waals surface area contributed by atoms with E-state index in [1.807, 2.05) is 12.1 Å². The third-order valence-corrected chi connectivity index (χ3v) is 7.68. The van der Waals surface area contributed by atoms with Crippen molar-refractivity contribution in [3.8, 4) is 45.3 Å². The van der Waals surface area contributed by atoms with Crippen molar-refractivity contribution in [3.63, 3.8) is 0 Å². The molecule has 2 atom stereocenters. The molecule has 1 aliphatic carbocycles. The van der Waals surface area contributed by atoms with Gasteiger partial charge in [0.15, 0.2) is 23.0 Å². The number of rotatable bonds is 6. The molecular formula is C34H30O4. The Morgan fingerprint density at radius 2 is 1.53 bits per heavy atom. The van der Waals surface area contributed by atoms with E-state index in [0.29, 0.717) is 0 Å². The third kappa shape index (κ3) is 3.93. The van der Waals surface area contributed by atoms with Crippen molar-refractivity contribution in [1.82, 2.24) is 0 Å². The van der Waals surface area contributed by atoms with Gasteiger partial charge in [0.25, 0.3) is 0 Å². The Kier molecular flexibility index (Phi) is 6.16. The van der Waals surface area contributed by atoms with Crippen LogP contribution < -0.4 is 18.9 Å². The molecule has 0 aromatic heterocycles. The summed E-state index contributed by atoms with van der Waals surface area (Å²) < 4.78 is 23.0. The molecule has 4 nitrogen and oxygen atoms in total. The van der Waals surface area contributed by atoms with Crippen LogP contribution >= 0.6 is 0 Å². The van der Waals surface area contributed by atoms with E-state index in [-0.39, 0.29) is 18.6 Å². The topological polar surface area (TPSA) is 36.9 Å². The van der Waals surface area contributed by atoms with Gasteiger partial charge >= 0.3 is 0 Å². The first-order valence-corrected chi connectivity index (χ1v) is 12.8. The highest BCUT2D eigenvalue weighted by molar-refractivity contribution is 5.82. The van der Waals surface area contributed by atoms with Gasteiger partial charge in [-0.05, 0) is 63.1 Å². The van der Waals surface area contributed by atoms with E-state index < -0.39 is 0 Å². The zero-order chi connectivity index (χ0) is 26.2. The van der Waals surface area contributed by atoms with Crippen molar-refractivity contribution >= 4 is 12.2 Å². The molecule has 190 valence electrons. The molecule has 0 N–H and O–H groups in total. The van der Waals surface area contributed by atoms with Gasteiger partial charge in [-0.1, -0.05) is 86.3 Å². The maximum Gasteiger partial charge on any atom is 0.231 e. The Bertz CT molecular complexity index is 1530. The quantitative estimate of drug-likeness (QED) is 0.266. The van der Waals surface area contributed by atoms with Gasteiger partial charge in [0.2, 0.25) is 6.79 Å². The second kappa shape index (κ2) is 9.79. The zero-order valence-electron chi connectivity index (χ0n) is 21.9. The van der Waals surface area contributed by atoms with Crippen molar-refractivity contribution in [3.05, 3.63) is 108 Å². The van der Waals surface area contributed by atoms with Gasteiger partial charge in [-0.25, -0.2) is 0 Å². The molecule has 0 spiro atoms. The highest BCUT2D eigenvalue weighted by atomic mass is 16.7. The molecule has 4 aromatic rings. The largest absolute Gasteiger partial charge is 0.493 e. The number of benzene rings is 4. The summed E-state index contributed by atoms with van der Waals surface area (Å²) >= 11 is 0. The Balaban J connectivity index is 1.50. The van der Waals surface area contributed by atoms with Crippen molar-refractivity contribution in [2.45, 2.75) is 18.8 Å². The van der Waals surface area contributed by atoms with E-state index in [2.05, 4.69) is 92.4 Å². The van der Waals surface area contributed by atoms with E-state index in [4.69, 9.17) is 18.9 Å². The molecule has 0 saturated heterocycles. The Hall–Kier alpha value is -4.44.